The lowest BCUT2D eigenvalue weighted by Crippen LogP contribution is -2.09. The predicted octanol–water partition coefficient (Wildman–Crippen LogP) is 4.42. The molecule has 22 heavy (non-hydrogen) atoms. The molecule has 0 saturated heterocycles. The van der Waals surface area contributed by atoms with Crippen molar-refractivity contribution in [2.75, 3.05) is 0 Å². The number of aromatic carboxylic acids is 1. The molecule has 0 saturated carbocycles. The zero-order valence-electron chi connectivity index (χ0n) is 11.4. The van der Waals surface area contributed by atoms with E-state index in [2.05, 4.69) is 0 Å². The molecule has 0 aliphatic rings. The number of carboxylic acid groups (broad SMARTS) is 1. The number of benzene rings is 3. The molecule has 0 atom stereocenters. The summed E-state index contributed by atoms with van der Waals surface area (Å²) in [6, 6.07) is 16.8. The fourth-order valence-corrected chi connectivity index (χ4v) is 2.72. The average Bonchev–Trinajstić information content (AvgIpc) is 2.54. The van der Waals surface area contributed by atoms with Crippen molar-refractivity contribution in [3.63, 3.8) is 0 Å². The first kappa shape index (κ1) is 14.3. The van der Waals surface area contributed by atoms with Gasteiger partial charge in [-0.25, -0.2) is 4.79 Å². The van der Waals surface area contributed by atoms with Crippen molar-refractivity contribution in [2.45, 2.75) is 0 Å². The van der Waals surface area contributed by atoms with Gasteiger partial charge in [-0.2, -0.15) is 0 Å². The van der Waals surface area contributed by atoms with Crippen LogP contribution in [0.4, 0.5) is 0 Å². The number of hydrogen-bond donors (Lipinski definition) is 1. The molecule has 0 aromatic heterocycles. The molecule has 3 rings (SSSR count). The van der Waals surface area contributed by atoms with Crippen molar-refractivity contribution in [2.24, 2.45) is 0 Å². The van der Waals surface area contributed by atoms with E-state index >= 15 is 0 Å². The smallest absolute Gasteiger partial charge is 0.336 e. The molecule has 3 aromatic carbocycles. The summed E-state index contributed by atoms with van der Waals surface area (Å²) in [5.74, 6) is -1.45. The van der Waals surface area contributed by atoms with Crippen molar-refractivity contribution in [3.05, 3.63) is 82.4 Å². The summed E-state index contributed by atoms with van der Waals surface area (Å²) < 4.78 is 0. The largest absolute Gasteiger partial charge is 0.478 e. The van der Waals surface area contributed by atoms with Crippen LogP contribution in [0.25, 0.3) is 10.8 Å². The number of halogens is 1. The van der Waals surface area contributed by atoms with Crippen LogP contribution in [0.5, 0.6) is 0 Å². The van der Waals surface area contributed by atoms with E-state index in [9.17, 15) is 14.7 Å². The maximum absolute atomic E-state index is 12.8. The summed E-state index contributed by atoms with van der Waals surface area (Å²) in [6.07, 6.45) is 0. The van der Waals surface area contributed by atoms with Gasteiger partial charge in [0.2, 0.25) is 0 Å². The van der Waals surface area contributed by atoms with Gasteiger partial charge in [0, 0.05) is 21.5 Å². The Kier molecular flexibility index (Phi) is 3.65. The van der Waals surface area contributed by atoms with Gasteiger partial charge in [0.25, 0.3) is 0 Å². The van der Waals surface area contributed by atoms with E-state index in [1.807, 2.05) is 6.07 Å². The van der Waals surface area contributed by atoms with Crippen molar-refractivity contribution >= 4 is 34.1 Å². The van der Waals surface area contributed by atoms with E-state index in [-0.39, 0.29) is 16.9 Å². The lowest BCUT2D eigenvalue weighted by Gasteiger charge is -2.09. The van der Waals surface area contributed by atoms with E-state index < -0.39 is 5.97 Å². The molecule has 108 valence electrons. The third kappa shape index (κ3) is 2.36. The normalized spacial score (nSPS) is 10.6. The van der Waals surface area contributed by atoms with Crippen LogP contribution in [0.3, 0.4) is 0 Å². The van der Waals surface area contributed by atoms with Crippen LogP contribution in [-0.2, 0) is 0 Å². The van der Waals surface area contributed by atoms with Crippen molar-refractivity contribution in [1.29, 1.82) is 0 Å². The standard InChI is InChI=1S/C18H11ClO3/c19-16-10-4-7-11-12(16)8-3-9-13(11)17(20)14-5-1-2-6-15(14)18(21)22/h1-10H,(H,21,22). The lowest BCUT2D eigenvalue weighted by atomic mass is 9.94. The van der Waals surface area contributed by atoms with Gasteiger partial charge < -0.3 is 5.11 Å². The molecule has 0 bridgehead atoms. The van der Waals surface area contributed by atoms with E-state index in [1.54, 1.807) is 42.5 Å². The van der Waals surface area contributed by atoms with Crippen LogP contribution in [-0.4, -0.2) is 16.9 Å². The Morgan fingerprint density at radius 2 is 1.32 bits per heavy atom. The molecule has 0 aliphatic heterocycles. The summed E-state index contributed by atoms with van der Waals surface area (Å²) >= 11 is 6.16. The van der Waals surface area contributed by atoms with E-state index in [1.165, 1.54) is 12.1 Å². The van der Waals surface area contributed by atoms with Gasteiger partial charge in [-0.3, -0.25) is 4.79 Å². The van der Waals surface area contributed by atoms with Crippen LogP contribution in [0, 0.1) is 0 Å². The SMILES string of the molecule is O=C(O)c1ccccc1C(=O)c1cccc2c(Cl)cccc12. The number of fused-ring (bicyclic) bond motifs is 1. The number of carbonyl (C=O) groups is 2. The maximum atomic E-state index is 12.8. The first-order chi connectivity index (χ1) is 10.6. The third-order valence-electron chi connectivity index (χ3n) is 3.52. The van der Waals surface area contributed by atoms with Gasteiger partial charge in [0.05, 0.1) is 5.56 Å². The predicted molar refractivity (Wildman–Crippen MR) is 85.8 cm³/mol. The lowest BCUT2D eigenvalue weighted by molar-refractivity contribution is 0.0693. The molecule has 0 unspecified atom stereocenters. The molecule has 3 nitrogen and oxygen atoms in total. The van der Waals surface area contributed by atoms with Crippen LogP contribution in [0.15, 0.2) is 60.7 Å². The molecule has 3 aromatic rings. The topological polar surface area (TPSA) is 54.4 Å². The van der Waals surface area contributed by atoms with E-state index in [4.69, 9.17) is 11.6 Å². The average molecular weight is 311 g/mol. The molecule has 0 amide bonds. The van der Waals surface area contributed by atoms with Gasteiger partial charge in [0.15, 0.2) is 5.78 Å². The zero-order chi connectivity index (χ0) is 15.7. The van der Waals surface area contributed by atoms with Crippen LogP contribution in [0.2, 0.25) is 5.02 Å². The summed E-state index contributed by atoms with van der Waals surface area (Å²) in [5.41, 5.74) is 0.600. The first-order valence-corrected chi connectivity index (χ1v) is 7.01. The minimum Gasteiger partial charge on any atom is -0.478 e. The first-order valence-electron chi connectivity index (χ1n) is 6.64. The number of rotatable bonds is 3. The highest BCUT2D eigenvalue weighted by Gasteiger charge is 2.19. The second-order valence-electron chi connectivity index (χ2n) is 4.82. The Labute approximate surface area is 131 Å². The quantitative estimate of drug-likeness (QED) is 0.728. The maximum Gasteiger partial charge on any atom is 0.336 e. The molecular formula is C18H11ClO3. The Morgan fingerprint density at radius 1 is 0.727 bits per heavy atom. The highest BCUT2D eigenvalue weighted by Crippen LogP contribution is 2.28. The second-order valence-corrected chi connectivity index (χ2v) is 5.23. The monoisotopic (exact) mass is 310 g/mol. The van der Waals surface area contributed by atoms with Crippen LogP contribution >= 0.6 is 11.6 Å². The number of carboxylic acids is 1. The van der Waals surface area contributed by atoms with Gasteiger partial charge in [-0.05, 0) is 17.5 Å². The fraction of sp³-hybridized carbons (Fsp3) is 0. The Hall–Kier alpha value is -2.65. The van der Waals surface area contributed by atoms with Gasteiger partial charge in [0.1, 0.15) is 0 Å². The Balaban J connectivity index is 2.23. The Bertz CT molecular complexity index is 900. The number of hydrogen-bond acceptors (Lipinski definition) is 2. The summed E-state index contributed by atoms with van der Waals surface area (Å²) in [4.78, 5) is 24.1. The zero-order valence-corrected chi connectivity index (χ0v) is 12.2. The molecule has 0 heterocycles. The van der Waals surface area contributed by atoms with Crippen molar-refractivity contribution in [3.8, 4) is 0 Å². The molecule has 0 fully saturated rings. The van der Waals surface area contributed by atoms with Crippen LogP contribution in [0.1, 0.15) is 26.3 Å². The Morgan fingerprint density at radius 3 is 2.05 bits per heavy atom. The summed E-state index contributed by atoms with van der Waals surface area (Å²) in [5, 5.41) is 11.3. The minimum atomic E-state index is -1.12. The molecule has 0 spiro atoms. The minimum absolute atomic E-state index is 0.00784. The second kappa shape index (κ2) is 5.62. The number of ketones is 1. The van der Waals surface area contributed by atoms with E-state index in [0.717, 1.165) is 5.39 Å². The highest BCUT2D eigenvalue weighted by atomic mass is 35.5. The van der Waals surface area contributed by atoms with Gasteiger partial charge in [-0.1, -0.05) is 60.1 Å². The highest BCUT2D eigenvalue weighted by molar-refractivity contribution is 6.36. The molecule has 0 aliphatic carbocycles. The third-order valence-corrected chi connectivity index (χ3v) is 3.85. The van der Waals surface area contributed by atoms with Crippen molar-refractivity contribution in [1.82, 2.24) is 0 Å². The molecule has 0 radical (unpaired) electrons. The van der Waals surface area contributed by atoms with Crippen molar-refractivity contribution < 1.29 is 14.7 Å². The molecular weight excluding hydrogens is 300 g/mol. The summed E-state index contributed by atoms with van der Waals surface area (Å²) in [7, 11) is 0. The summed E-state index contributed by atoms with van der Waals surface area (Å²) in [6.45, 7) is 0. The van der Waals surface area contributed by atoms with Gasteiger partial charge in [-0.15, -0.1) is 0 Å². The molecule has 4 heteroatoms. The molecule has 1 N–H and O–H groups in total. The van der Waals surface area contributed by atoms with Crippen LogP contribution < -0.4 is 0 Å². The van der Waals surface area contributed by atoms with E-state index in [0.29, 0.717) is 16.0 Å². The van der Waals surface area contributed by atoms with Gasteiger partial charge >= 0.3 is 5.97 Å². The number of carbonyl (C=O) groups excluding carboxylic acids is 1. The fourth-order valence-electron chi connectivity index (χ4n) is 2.48.